The molecular weight excluding hydrogens is 199 g/mol. The number of rotatable bonds is 2. The van der Waals surface area contributed by atoms with E-state index in [0.717, 1.165) is 18.4 Å². The second-order valence-electron chi connectivity index (χ2n) is 3.08. The molecule has 0 saturated carbocycles. The molecule has 1 aromatic rings. The molecule has 0 spiro atoms. The Morgan fingerprint density at radius 2 is 2.21 bits per heavy atom. The summed E-state index contributed by atoms with van der Waals surface area (Å²) < 4.78 is 13.2. The molecule has 0 atom stereocenters. The highest BCUT2D eigenvalue weighted by Crippen LogP contribution is 2.08. The number of hydrogen-bond acceptors (Lipinski definition) is 0. The normalized spacial score (nSPS) is 9.36. The summed E-state index contributed by atoms with van der Waals surface area (Å²) in [7, 11) is 0. The SMILES string of the molecule is Cc1ccc(F)c(C#CCCCCl)c1. The summed E-state index contributed by atoms with van der Waals surface area (Å²) in [6.07, 6.45) is 1.57. The lowest BCUT2D eigenvalue weighted by molar-refractivity contribution is 0.624. The third-order valence-electron chi connectivity index (χ3n) is 1.78. The minimum Gasteiger partial charge on any atom is -0.206 e. The van der Waals surface area contributed by atoms with Gasteiger partial charge >= 0.3 is 0 Å². The van der Waals surface area contributed by atoms with E-state index in [0.29, 0.717) is 11.4 Å². The third-order valence-corrected chi connectivity index (χ3v) is 2.05. The molecule has 0 N–H and O–H groups in total. The van der Waals surface area contributed by atoms with E-state index >= 15 is 0 Å². The molecule has 0 saturated heterocycles. The van der Waals surface area contributed by atoms with Crippen molar-refractivity contribution < 1.29 is 4.39 Å². The fourth-order valence-electron chi connectivity index (χ4n) is 1.05. The summed E-state index contributed by atoms with van der Waals surface area (Å²) in [4.78, 5) is 0. The Balaban J connectivity index is 2.73. The van der Waals surface area contributed by atoms with Crippen LogP contribution in [0.2, 0.25) is 0 Å². The molecular formula is C12H12ClF. The van der Waals surface area contributed by atoms with Crippen LogP contribution in [-0.2, 0) is 0 Å². The van der Waals surface area contributed by atoms with Crippen molar-refractivity contribution in [1.29, 1.82) is 0 Å². The van der Waals surface area contributed by atoms with Gasteiger partial charge in [-0.25, -0.2) is 4.39 Å². The van der Waals surface area contributed by atoms with Crippen molar-refractivity contribution in [2.75, 3.05) is 5.88 Å². The molecule has 74 valence electrons. The van der Waals surface area contributed by atoms with Crippen LogP contribution in [0.25, 0.3) is 0 Å². The zero-order valence-corrected chi connectivity index (χ0v) is 8.87. The second kappa shape index (κ2) is 5.67. The predicted octanol–water partition coefficient (Wildman–Crippen LogP) is 3.50. The van der Waals surface area contributed by atoms with E-state index in [1.807, 2.05) is 6.92 Å². The van der Waals surface area contributed by atoms with Crippen LogP contribution in [0.15, 0.2) is 18.2 Å². The molecule has 0 aromatic heterocycles. The highest BCUT2D eigenvalue weighted by Gasteiger charge is 1.97. The molecule has 0 radical (unpaired) electrons. The van der Waals surface area contributed by atoms with Gasteiger partial charge in [0, 0.05) is 12.3 Å². The molecule has 0 aliphatic rings. The van der Waals surface area contributed by atoms with E-state index < -0.39 is 0 Å². The Labute approximate surface area is 89.1 Å². The van der Waals surface area contributed by atoms with Crippen LogP contribution in [0.1, 0.15) is 24.0 Å². The van der Waals surface area contributed by atoms with Crippen LogP contribution in [0.3, 0.4) is 0 Å². The Kier molecular flexibility index (Phi) is 4.49. The number of benzene rings is 1. The first kappa shape index (κ1) is 11.1. The van der Waals surface area contributed by atoms with Crippen molar-refractivity contribution in [3.05, 3.63) is 35.1 Å². The lowest BCUT2D eigenvalue weighted by Gasteiger charge is -1.95. The highest BCUT2D eigenvalue weighted by molar-refractivity contribution is 6.17. The Hall–Kier alpha value is -1.00. The van der Waals surface area contributed by atoms with E-state index in [-0.39, 0.29) is 5.82 Å². The van der Waals surface area contributed by atoms with Crippen LogP contribution in [0.5, 0.6) is 0 Å². The largest absolute Gasteiger partial charge is 0.206 e. The van der Waals surface area contributed by atoms with Gasteiger partial charge in [0.15, 0.2) is 0 Å². The summed E-state index contributed by atoms with van der Waals surface area (Å²) in [5.74, 6) is 6.05. The average molecular weight is 211 g/mol. The summed E-state index contributed by atoms with van der Waals surface area (Å²) in [6, 6.07) is 4.93. The molecule has 0 aliphatic heterocycles. The summed E-state index contributed by atoms with van der Waals surface area (Å²) in [6.45, 7) is 1.92. The number of hydrogen-bond donors (Lipinski definition) is 0. The molecule has 0 fully saturated rings. The molecule has 14 heavy (non-hydrogen) atoms. The van der Waals surface area contributed by atoms with Gasteiger partial charge in [-0.2, -0.15) is 0 Å². The fraction of sp³-hybridized carbons (Fsp3) is 0.333. The maximum Gasteiger partial charge on any atom is 0.138 e. The van der Waals surface area contributed by atoms with Gasteiger partial charge in [-0.05, 0) is 31.0 Å². The van der Waals surface area contributed by atoms with E-state index in [2.05, 4.69) is 11.8 Å². The standard InChI is InChI=1S/C12H12ClF/c1-10-6-7-12(14)11(9-10)5-3-2-4-8-13/h6-7,9H,2,4,8H2,1H3. The molecule has 0 nitrogen and oxygen atoms in total. The van der Waals surface area contributed by atoms with Crippen LogP contribution in [0.4, 0.5) is 4.39 Å². The number of aryl methyl sites for hydroxylation is 1. The van der Waals surface area contributed by atoms with Gasteiger partial charge in [0.2, 0.25) is 0 Å². The molecule has 0 heterocycles. The van der Waals surface area contributed by atoms with Crippen LogP contribution in [0, 0.1) is 24.6 Å². The number of halogens is 2. The summed E-state index contributed by atoms with van der Waals surface area (Å²) in [5, 5.41) is 0. The highest BCUT2D eigenvalue weighted by atomic mass is 35.5. The number of unbranched alkanes of at least 4 members (excludes halogenated alkanes) is 1. The molecule has 0 unspecified atom stereocenters. The monoisotopic (exact) mass is 210 g/mol. The Morgan fingerprint density at radius 1 is 1.43 bits per heavy atom. The Morgan fingerprint density at radius 3 is 2.93 bits per heavy atom. The van der Waals surface area contributed by atoms with Crippen molar-refractivity contribution in [1.82, 2.24) is 0 Å². The van der Waals surface area contributed by atoms with Crippen molar-refractivity contribution >= 4 is 11.6 Å². The first-order valence-electron chi connectivity index (χ1n) is 4.55. The maximum absolute atomic E-state index is 13.2. The van der Waals surface area contributed by atoms with E-state index in [9.17, 15) is 4.39 Å². The Bertz CT molecular complexity index is 360. The van der Waals surface area contributed by atoms with Crippen LogP contribution < -0.4 is 0 Å². The van der Waals surface area contributed by atoms with Gasteiger partial charge < -0.3 is 0 Å². The van der Waals surface area contributed by atoms with Crippen molar-refractivity contribution in [2.24, 2.45) is 0 Å². The smallest absolute Gasteiger partial charge is 0.138 e. The summed E-state index contributed by atoms with van der Waals surface area (Å²) in [5.41, 5.74) is 1.49. The molecule has 1 aromatic carbocycles. The van der Waals surface area contributed by atoms with E-state index in [1.54, 1.807) is 12.1 Å². The first-order valence-corrected chi connectivity index (χ1v) is 5.08. The van der Waals surface area contributed by atoms with E-state index in [1.165, 1.54) is 6.07 Å². The minimum atomic E-state index is -0.256. The lowest BCUT2D eigenvalue weighted by atomic mass is 10.1. The zero-order chi connectivity index (χ0) is 10.4. The van der Waals surface area contributed by atoms with Crippen molar-refractivity contribution in [3.63, 3.8) is 0 Å². The van der Waals surface area contributed by atoms with Crippen LogP contribution in [-0.4, -0.2) is 5.88 Å². The van der Waals surface area contributed by atoms with Gasteiger partial charge in [-0.15, -0.1) is 11.6 Å². The minimum absolute atomic E-state index is 0.256. The van der Waals surface area contributed by atoms with Crippen LogP contribution >= 0.6 is 11.6 Å². The number of alkyl halides is 1. The molecule has 1 rings (SSSR count). The van der Waals surface area contributed by atoms with Crippen molar-refractivity contribution in [2.45, 2.75) is 19.8 Å². The van der Waals surface area contributed by atoms with Gasteiger partial charge in [0.05, 0.1) is 5.56 Å². The topological polar surface area (TPSA) is 0 Å². The first-order chi connectivity index (χ1) is 6.74. The van der Waals surface area contributed by atoms with Gasteiger partial charge in [-0.3, -0.25) is 0 Å². The molecule has 2 heteroatoms. The summed E-state index contributed by atoms with van der Waals surface area (Å²) >= 11 is 5.50. The second-order valence-corrected chi connectivity index (χ2v) is 3.46. The third kappa shape index (κ3) is 3.40. The van der Waals surface area contributed by atoms with Crippen molar-refractivity contribution in [3.8, 4) is 11.8 Å². The van der Waals surface area contributed by atoms with Gasteiger partial charge in [-0.1, -0.05) is 17.9 Å². The molecule has 0 amide bonds. The quantitative estimate of drug-likeness (QED) is 0.398. The fourth-order valence-corrected chi connectivity index (χ4v) is 1.18. The lowest BCUT2D eigenvalue weighted by Crippen LogP contribution is -1.84. The maximum atomic E-state index is 13.2. The average Bonchev–Trinajstić information content (AvgIpc) is 2.18. The predicted molar refractivity (Wildman–Crippen MR) is 58.0 cm³/mol. The zero-order valence-electron chi connectivity index (χ0n) is 8.11. The van der Waals surface area contributed by atoms with Gasteiger partial charge in [0.1, 0.15) is 5.82 Å². The molecule has 0 aliphatic carbocycles. The molecule has 0 bridgehead atoms. The van der Waals surface area contributed by atoms with E-state index in [4.69, 9.17) is 11.6 Å². The van der Waals surface area contributed by atoms with Gasteiger partial charge in [0.25, 0.3) is 0 Å².